The Kier molecular flexibility index (Phi) is 10.6. The van der Waals surface area contributed by atoms with Crippen LogP contribution in [0.5, 0.6) is 5.75 Å². The molecule has 8 heteroatoms. The molecular weight excluding hydrogens is 433 g/mol. The molecule has 29 heavy (non-hydrogen) atoms. The number of hydrogen-bond donors (Lipinski definition) is 1. The van der Waals surface area contributed by atoms with Crippen molar-refractivity contribution < 1.29 is 9.53 Å². The van der Waals surface area contributed by atoms with Crippen molar-refractivity contribution in [3.63, 3.8) is 0 Å². The first-order valence-electron chi connectivity index (χ1n) is 9.28. The maximum absolute atomic E-state index is 13.0. The lowest BCUT2D eigenvalue weighted by Crippen LogP contribution is -2.38. The summed E-state index contributed by atoms with van der Waals surface area (Å²) >= 11 is 12.1. The number of hydrogen-bond acceptors (Lipinski definition) is 4. The first-order valence-corrected chi connectivity index (χ1v) is 10.0. The predicted octanol–water partition coefficient (Wildman–Crippen LogP) is 4.99. The highest BCUT2D eigenvalue weighted by Crippen LogP contribution is 2.29. The maximum Gasteiger partial charge on any atom is 0.257 e. The number of methoxy groups -OCH3 is 1. The number of amides is 1. The van der Waals surface area contributed by atoms with Crippen molar-refractivity contribution in [3.8, 4) is 5.75 Å². The van der Waals surface area contributed by atoms with E-state index < -0.39 is 0 Å². The van der Waals surface area contributed by atoms with Crippen molar-refractivity contribution in [3.05, 3.63) is 57.6 Å². The molecule has 1 amide bonds. The van der Waals surface area contributed by atoms with E-state index in [0.29, 0.717) is 35.1 Å². The van der Waals surface area contributed by atoms with Gasteiger partial charge in [0.05, 0.1) is 23.4 Å². The summed E-state index contributed by atoms with van der Waals surface area (Å²) in [4.78, 5) is 17.1. The quantitative estimate of drug-likeness (QED) is 0.536. The summed E-state index contributed by atoms with van der Waals surface area (Å²) in [5, 5.41) is 1.07. The summed E-state index contributed by atoms with van der Waals surface area (Å²) in [6.07, 6.45) is 0. The van der Waals surface area contributed by atoms with Crippen molar-refractivity contribution in [1.29, 1.82) is 0 Å². The van der Waals surface area contributed by atoms with E-state index in [1.807, 2.05) is 31.2 Å². The van der Waals surface area contributed by atoms with Crippen molar-refractivity contribution in [2.75, 3.05) is 39.0 Å². The highest BCUT2D eigenvalue weighted by atomic mass is 35.5. The first kappa shape index (κ1) is 25.4. The van der Waals surface area contributed by atoms with Crippen molar-refractivity contribution in [2.45, 2.75) is 20.4 Å². The minimum absolute atomic E-state index is 0. The van der Waals surface area contributed by atoms with E-state index in [1.54, 1.807) is 17.0 Å². The van der Waals surface area contributed by atoms with Crippen LogP contribution in [0.4, 0.5) is 5.69 Å². The number of likely N-dealkylation sites (N-methyl/N-ethyl adjacent to an activating group) is 2. The van der Waals surface area contributed by atoms with Gasteiger partial charge in [-0.15, -0.1) is 12.4 Å². The number of nitrogens with two attached hydrogens (primary N) is 1. The molecule has 0 fully saturated rings. The number of nitrogens with zero attached hydrogens (tertiary/aromatic N) is 2. The van der Waals surface area contributed by atoms with E-state index >= 15 is 0 Å². The third-order valence-corrected chi connectivity index (χ3v) is 5.25. The number of nitrogen functional groups attached to an aromatic ring is 1. The second-order valence-electron chi connectivity index (χ2n) is 6.45. The fourth-order valence-corrected chi connectivity index (χ4v) is 3.23. The molecule has 2 N–H and O–H groups in total. The number of carbonyl (C=O) groups is 1. The van der Waals surface area contributed by atoms with Gasteiger partial charge in [0.2, 0.25) is 0 Å². The Morgan fingerprint density at radius 1 is 1.07 bits per heavy atom. The standard InChI is InChI=1S/C21H27Cl2N3O2.ClH/c1-4-25(14-15-6-8-16(22)9-7-15)10-11-26(5-2)21(27)17-12-18(23)19(24)13-20(17)28-3;/h6-9,12-13H,4-5,10-11,14,24H2,1-3H3;1H. The number of benzene rings is 2. The van der Waals surface area contributed by atoms with E-state index in [0.717, 1.165) is 24.7 Å². The molecule has 0 bridgehead atoms. The Morgan fingerprint density at radius 2 is 1.72 bits per heavy atom. The van der Waals surface area contributed by atoms with E-state index in [4.69, 9.17) is 33.7 Å². The molecule has 0 aliphatic rings. The molecule has 2 rings (SSSR count). The molecule has 0 unspecified atom stereocenters. The average molecular weight is 461 g/mol. The van der Waals surface area contributed by atoms with Gasteiger partial charge in [-0.25, -0.2) is 0 Å². The van der Waals surface area contributed by atoms with Crippen LogP contribution < -0.4 is 10.5 Å². The second-order valence-corrected chi connectivity index (χ2v) is 7.30. The normalized spacial score (nSPS) is 10.6. The maximum atomic E-state index is 13.0. The average Bonchev–Trinajstić information content (AvgIpc) is 2.70. The molecule has 0 spiro atoms. The fourth-order valence-electron chi connectivity index (χ4n) is 2.94. The number of ether oxygens (including phenoxy) is 1. The van der Waals surface area contributed by atoms with Crippen LogP contribution in [0.15, 0.2) is 36.4 Å². The van der Waals surface area contributed by atoms with E-state index in [9.17, 15) is 4.79 Å². The third-order valence-electron chi connectivity index (χ3n) is 4.67. The molecule has 0 radical (unpaired) electrons. The Balaban J connectivity index is 0.00000420. The Bertz CT molecular complexity index is 801. The number of halogens is 3. The molecule has 5 nitrogen and oxygen atoms in total. The number of rotatable bonds is 9. The van der Waals surface area contributed by atoms with Crippen LogP contribution in [0.1, 0.15) is 29.8 Å². The van der Waals surface area contributed by atoms with Crippen LogP contribution in [-0.2, 0) is 6.54 Å². The molecule has 0 heterocycles. The third kappa shape index (κ3) is 6.96. The van der Waals surface area contributed by atoms with Gasteiger partial charge in [0, 0.05) is 37.3 Å². The minimum atomic E-state index is -0.121. The van der Waals surface area contributed by atoms with Gasteiger partial charge in [0.15, 0.2) is 0 Å². The zero-order chi connectivity index (χ0) is 20.7. The lowest BCUT2D eigenvalue weighted by atomic mass is 10.1. The topological polar surface area (TPSA) is 58.8 Å². The molecule has 0 aliphatic carbocycles. The summed E-state index contributed by atoms with van der Waals surface area (Å²) < 4.78 is 5.33. The van der Waals surface area contributed by atoms with Gasteiger partial charge >= 0.3 is 0 Å². The summed E-state index contributed by atoms with van der Waals surface area (Å²) in [7, 11) is 1.51. The summed E-state index contributed by atoms with van der Waals surface area (Å²) in [6.45, 7) is 7.69. The van der Waals surface area contributed by atoms with Crippen molar-refractivity contribution >= 4 is 47.2 Å². The van der Waals surface area contributed by atoms with E-state index in [-0.39, 0.29) is 18.3 Å². The second kappa shape index (κ2) is 12.1. The van der Waals surface area contributed by atoms with Crippen LogP contribution in [0, 0.1) is 0 Å². The largest absolute Gasteiger partial charge is 0.496 e. The lowest BCUT2D eigenvalue weighted by molar-refractivity contribution is 0.0740. The van der Waals surface area contributed by atoms with E-state index in [2.05, 4.69) is 11.8 Å². The van der Waals surface area contributed by atoms with Crippen LogP contribution in [0.2, 0.25) is 10.0 Å². The summed E-state index contributed by atoms with van der Waals surface area (Å²) in [5.74, 6) is 0.308. The van der Waals surface area contributed by atoms with Crippen LogP contribution in [0.25, 0.3) is 0 Å². The number of anilines is 1. The van der Waals surface area contributed by atoms with Gasteiger partial charge in [-0.1, -0.05) is 42.3 Å². The molecule has 0 saturated carbocycles. The predicted molar refractivity (Wildman–Crippen MR) is 124 cm³/mol. The highest BCUT2D eigenvalue weighted by molar-refractivity contribution is 6.33. The Morgan fingerprint density at radius 3 is 2.28 bits per heavy atom. The minimum Gasteiger partial charge on any atom is -0.496 e. The summed E-state index contributed by atoms with van der Waals surface area (Å²) in [6, 6.07) is 11.0. The van der Waals surface area contributed by atoms with Gasteiger partial charge < -0.3 is 15.4 Å². The molecular formula is C21H28Cl3N3O2. The molecule has 2 aromatic rings. The molecule has 160 valence electrons. The fraction of sp³-hybridized carbons (Fsp3) is 0.381. The van der Waals surface area contributed by atoms with Crippen LogP contribution >= 0.6 is 35.6 Å². The molecule has 0 saturated heterocycles. The smallest absolute Gasteiger partial charge is 0.257 e. The molecule has 2 aromatic carbocycles. The van der Waals surface area contributed by atoms with Crippen LogP contribution in [-0.4, -0.2) is 49.0 Å². The van der Waals surface area contributed by atoms with Crippen molar-refractivity contribution in [2.24, 2.45) is 0 Å². The zero-order valence-electron chi connectivity index (χ0n) is 17.0. The monoisotopic (exact) mass is 459 g/mol. The molecule has 0 aliphatic heterocycles. The van der Waals surface area contributed by atoms with Gasteiger partial charge in [-0.2, -0.15) is 0 Å². The SMILES string of the molecule is CCN(CCN(CC)C(=O)c1cc(Cl)c(N)cc1OC)Cc1ccc(Cl)cc1.Cl. The lowest BCUT2D eigenvalue weighted by Gasteiger charge is -2.27. The van der Waals surface area contributed by atoms with Gasteiger partial charge in [0.1, 0.15) is 5.75 Å². The Labute approximate surface area is 189 Å². The highest BCUT2D eigenvalue weighted by Gasteiger charge is 2.20. The zero-order valence-corrected chi connectivity index (χ0v) is 19.3. The van der Waals surface area contributed by atoms with Gasteiger partial charge in [-0.05, 0) is 37.2 Å². The first-order chi connectivity index (χ1) is 13.4. The van der Waals surface area contributed by atoms with Gasteiger partial charge in [-0.3, -0.25) is 9.69 Å². The Hall–Kier alpha value is -1.66. The molecule has 0 aromatic heterocycles. The van der Waals surface area contributed by atoms with Crippen LogP contribution in [0.3, 0.4) is 0 Å². The van der Waals surface area contributed by atoms with Gasteiger partial charge in [0.25, 0.3) is 5.91 Å². The molecule has 0 atom stereocenters. The van der Waals surface area contributed by atoms with E-state index in [1.165, 1.54) is 12.7 Å². The number of carbonyl (C=O) groups excluding carboxylic acids is 1. The van der Waals surface area contributed by atoms with Crippen molar-refractivity contribution in [1.82, 2.24) is 9.80 Å². The summed E-state index contributed by atoms with van der Waals surface area (Å²) in [5.41, 5.74) is 7.82.